The first-order valence-electron chi connectivity index (χ1n) is 11.6. The number of hydrogen-bond acceptors (Lipinski definition) is 5. The van der Waals surface area contributed by atoms with Gasteiger partial charge in [0.25, 0.3) is 0 Å². The molecule has 2 aromatic rings. The van der Waals surface area contributed by atoms with Crippen molar-refractivity contribution in [2.45, 2.75) is 76.4 Å². The lowest BCUT2D eigenvalue weighted by Crippen LogP contribution is -2.48. The summed E-state index contributed by atoms with van der Waals surface area (Å²) in [5, 5.41) is 13.0. The van der Waals surface area contributed by atoms with Gasteiger partial charge in [-0.15, -0.1) is 10.2 Å². The van der Waals surface area contributed by atoms with E-state index in [1.165, 1.54) is 0 Å². The molecule has 1 aromatic carbocycles. The third-order valence-corrected chi connectivity index (χ3v) is 6.51. The molecule has 1 fully saturated rings. The van der Waals surface area contributed by atoms with Crippen LogP contribution in [0.4, 0.5) is 31.1 Å². The van der Waals surface area contributed by atoms with E-state index in [4.69, 9.17) is 4.74 Å². The van der Waals surface area contributed by atoms with E-state index in [1.54, 1.807) is 20.8 Å². The molecule has 7 nitrogen and oxygen atoms in total. The zero-order chi connectivity index (χ0) is 26.4. The van der Waals surface area contributed by atoms with Crippen LogP contribution >= 0.6 is 0 Å². The summed E-state index contributed by atoms with van der Waals surface area (Å²) < 4.78 is 88.6. The molecular weight excluding hydrogens is 492 g/mol. The summed E-state index contributed by atoms with van der Waals surface area (Å²) in [6, 6.07) is -0.114. The van der Waals surface area contributed by atoms with Crippen LogP contribution in [0.1, 0.15) is 69.2 Å². The van der Waals surface area contributed by atoms with Crippen LogP contribution in [0, 0.1) is 23.4 Å². The van der Waals surface area contributed by atoms with E-state index >= 15 is 0 Å². The first-order valence-corrected chi connectivity index (χ1v) is 11.6. The highest BCUT2D eigenvalue weighted by Gasteiger charge is 2.44. The van der Waals surface area contributed by atoms with Gasteiger partial charge in [-0.2, -0.15) is 13.2 Å². The number of alkyl carbamates (subject to hydrolysis) is 1. The van der Waals surface area contributed by atoms with Gasteiger partial charge in [-0.05, 0) is 57.6 Å². The molecule has 1 unspecified atom stereocenters. The molecule has 0 radical (unpaired) electrons. The van der Waals surface area contributed by atoms with E-state index in [0.717, 1.165) is 10.6 Å². The van der Waals surface area contributed by atoms with E-state index in [2.05, 4.69) is 20.8 Å². The minimum Gasteiger partial charge on any atom is -0.444 e. The number of ether oxygens (including phenoxy) is 1. The number of hydrogen-bond donors (Lipinski definition) is 2. The van der Waals surface area contributed by atoms with Gasteiger partial charge in [0.15, 0.2) is 17.5 Å². The second-order valence-electron chi connectivity index (χ2n) is 10.2. The molecule has 1 saturated carbocycles. The molecule has 2 heterocycles. The van der Waals surface area contributed by atoms with Crippen LogP contribution < -0.4 is 10.6 Å². The number of benzene rings is 1. The number of aromatic nitrogens is 3. The number of halogens is 6. The van der Waals surface area contributed by atoms with Crippen molar-refractivity contribution in [2.24, 2.45) is 5.92 Å². The number of carbonyl (C=O) groups is 1. The lowest BCUT2D eigenvalue weighted by molar-refractivity contribution is -0.147. The fraction of sp³-hybridized carbons (Fsp3) is 0.609. The molecule has 1 aromatic heterocycles. The fourth-order valence-corrected chi connectivity index (χ4v) is 5.09. The number of fused-ring (bicyclic) bond motifs is 1. The Morgan fingerprint density at radius 2 is 1.78 bits per heavy atom. The quantitative estimate of drug-likeness (QED) is 0.448. The number of nitrogens with zero attached hydrogens (tertiary/aromatic N) is 3. The molecule has 0 spiro atoms. The van der Waals surface area contributed by atoms with E-state index in [9.17, 15) is 31.1 Å². The maximum absolute atomic E-state index is 14.7. The summed E-state index contributed by atoms with van der Waals surface area (Å²) in [6.45, 7) is 5.29. The van der Waals surface area contributed by atoms with Gasteiger partial charge in [0.1, 0.15) is 11.4 Å². The predicted octanol–water partition coefficient (Wildman–Crippen LogP) is 4.84. The molecule has 2 aliphatic rings. The van der Waals surface area contributed by atoms with Gasteiger partial charge in [-0.1, -0.05) is 0 Å². The second-order valence-corrected chi connectivity index (χ2v) is 10.2. The first kappa shape index (κ1) is 26.2. The van der Waals surface area contributed by atoms with Crippen LogP contribution in [-0.2, 0) is 17.5 Å². The van der Waals surface area contributed by atoms with Crippen molar-refractivity contribution in [1.29, 1.82) is 0 Å². The average Bonchev–Trinajstić information content (AvgIpc) is 3.20. The Morgan fingerprint density at radius 3 is 2.44 bits per heavy atom. The summed E-state index contributed by atoms with van der Waals surface area (Å²) in [7, 11) is 0. The third kappa shape index (κ3) is 5.45. The Balaban J connectivity index is 1.63. The first-order chi connectivity index (χ1) is 16.7. The van der Waals surface area contributed by atoms with Crippen molar-refractivity contribution in [3.63, 3.8) is 0 Å². The molecule has 0 bridgehead atoms. The van der Waals surface area contributed by atoms with Gasteiger partial charge in [0.05, 0.1) is 6.04 Å². The molecule has 1 aliphatic carbocycles. The Morgan fingerprint density at radius 1 is 1.08 bits per heavy atom. The minimum absolute atomic E-state index is 0.0443. The highest BCUT2D eigenvalue weighted by Crippen LogP contribution is 2.43. The Bertz CT molecular complexity index is 1130. The number of nitrogens with one attached hydrogen (secondary N) is 2. The topological polar surface area (TPSA) is 81.1 Å². The van der Waals surface area contributed by atoms with Gasteiger partial charge in [0.2, 0.25) is 5.82 Å². The lowest BCUT2D eigenvalue weighted by atomic mass is 9.72. The van der Waals surface area contributed by atoms with Crippen molar-refractivity contribution in [2.75, 3.05) is 6.54 Å². The average molecular weight is 519 g/mol. The van der Waals surface area contributed by atoms with Gasteiger partial charge in [0, 0.05) is 31.1 Å². The third-order valence-electron chi connectivity index (χ3n) is 6.51. The molecular formula is C23H27F6N5O2. The SMILES string of the molecule is CC(C)(C)OC(=O)N[C@H]1C[C@H](C2NCCn3c2nnc3C(F)(F)F)CC[C@@H]1c1cc(F)c(F)cc1F. The van der Waals surface area contributed by atoms with Gasteiger partial charge >= 0.3 is 12.3 Å². The molecule has 0 saturated heterocycles. The fourth-order valence-electron chi connectivity index (χ4n) is 5.09. The normalized spacial score (nSPS) is 24.8. The van der Waals surface area contributed by atoms with Crippen molar-refractivity contribution in [1.82, 2.24) is 25.4 Å². The van der Waals surface area contributed by atoms with E-state index in [-0.39, 0.29) is 43.2 Å². The molecule has 4 atom stereocenters. The van der Waals surface area contributed by atoms with Crippen LogP contribution in [0.3, 0.4) is 0 Å². The van der Waals surface area contributed by atoms with Gasteiger partial charge in [-0.25, -0.2) is 18.0 Å². The van der Waals surface area contributed by atoms with Crippen LogP contribution in [0.15, 0.2) is 12.1 Å². The number of amides is 1. The Kier molecular flexibility index (Phi) is 6.97. The molecule has 36 heavy (non-hydrogen) atoms. The van der Waals surface area contributed by atoms with Crippen LogP contribution in [0.2, 0.25) is 0 Å². The van der Waals surface area contributed by atoms with Crippen molar-refractivity contribution >= 4 is 6.09 Å². The smallest absolute Gasteiger partial charge is 0.444 e. The van der Waals surface area contributed by atoms with E-state index < -0.39 is 59.1 Å². The van der Waals surface area contributed by atoms with Crippen molar-refractivity contribution < 1.29 is 35.9 Å². The van der Waals surface area contributed by atoms with Gasteiger partial charge < -0.3 is 19.9 Å². The number of rotatable bonds is 3. The maximum atomic E-state index is 14.7. The Labute approximate surface area is 203 Å². The Hall–Kier alpha value is -2.83. The number of alkyl halides is 3. The molecule has 13 heteroatoms. The predicted molar refractivity (Wildman–Crippen MR) is 115 cm³/mol. The summed E-state index contributed by atoms with van der Waals surface area (Å²) in [5.41, 5.74) is -0.913. The summed E-state index contributed by atoms with van der Waals surface area (Å²) in [6.07, 6.45) is -4.57. The standard InChI is InChI=1S/C23H27F6N5O2/c1-22(2,3)36-21(35)31-17-8-11(4-5-12(17)13-9-15(25)16(26)10-14(13)24)18-19-32-33-20(23(27,28)29)34(19)7-6-30-18/h9-12,17-18,30H,4-8H2,1-3H3,(H,31,35)/t11-,12-,17+,18?/m1/s1. The molecule has 198 valence electrons. The van der Waals surface area contributed by atoms with Crippen LogP contribution in [-0.4, -0.2) is 39.0 Å². The summed E-state index contributed by atoms with van der Waals surface area (Å²) in [5.74, 6) is -5.45. The zero-order valence-electron chi connectivity index (χ0n) is 19.9. The number of carbonyl (C=O) groups excluding carboxylic acids is 1. The molecule has 2 N–H and O–H groups in total. The second kappa shape index (κ2) is 9.56. The van der Waals surface area contributed by atoms with Crippen LogP contribution in [0.25, 0.3) is 0 Å². The van der Waals surface area contributed by atoms with E-state index in [1.807, 2.05) is 0 Å². The zero-order valence-corrected chi connectivity index (χ0v) is 19.9. The highest BCUT2D eigenvalue weighted by atomic mass is 19.4. The maximum Gasteiger partial charge on any atom is 0.451 e. The van der Waals surface area contributed by atoms with E-state index in [0.29, 0.717) is 12.5 Å². The largest absolute Gasteiger partial charge is 0.451 e. The van der Waals surface area contributed by atoms with Crippen molar-refractivity contribution in [3.05, 3.63) is 46.8 Å². The minimum atomic E-state index is -4.66. The van der Waals surface area contributed by atoms with Gasteiger partial charge in [-0.3, -0.25) is 0 Å². The molecule has 1 amide bonds. The highest BCUT2D eigenvalue weighted by molar-refractivity contribution is 5.68. The lowest BCUT2D eigenvalue weighted by Gasteiger charge is -2.41. The molecule has 4 rings (SSSR count). The van der Waals surface area contributed by atoms with Crippen molar-refractivity contribution in [3.8, 4) is 0 Å². The van der Waals surface area contributed by atoms with Crippen LogP contribution in [0.5, 0.6) is 0 Å². The summed E-state index contributed by atoms with van der Waals surface area (Å²) >= 11 is 0. The monoisotopic (exact) mass is 519 g/mol. The molecule has 1 aliphatic heterocycles. The summed E-state index contributed by atoms with van der Waals surface area (Å²) in [4.78, 5) is 12.6.